The van der Waals surface area contributed by atoms with E-state index >= 15 is 0 Å². The molecular formula is C29H27N3O7. The molecular weight excluding hydrogens is 502 g/mol. The fourth-order valence-electron chi connectivity index (χ4n) is 4.75. The topological polar surface area (TPSA) is 148 Å². The molecule has 3 N–H and O–H groups in total. The van der Waals surface area contributed by atoms with E-state index in [1.54, 1.807) is 19.1 Å². The van der Waals surface area contributed by atoms with Crippen molar-refractivity contribution < 1.29 is 29.1 Å². The maximum Gasteiger partial charge on any atom is 0.354 e. The van der Waals surface area contributed by atoms with Gasteiger partial charge in [-0.2, -0.15) is 0 Å². The Balaban J connectivity index is 0.00000112. The fourth-order valence-corrected chi connectivity index (χ4v) is 4.75. The number of carbonyl (C=O) groups excluding carboxylic acids is 2. The smallest absolute Gasteiger partial charge is 0.354 e. The molecule has 0 spiro atoms. The largest absolute Gasteiger partial charge is 0.464 e. The van der Waals surface area contributed by atoms with E-state index < -0.39 is 22.8 Å². The first-order valence-corrected chi connectivity index (χ1v) is 12.1. The number of nitrogens with one attached hydrogen (secondary N) is 2. The normalized spacial score (nSPS) is 10.8. The number of nitro groups is 1. The third-order valence-electron chi connectivity index (χ3n) is 6.26. The summed E-state index contributed by atoms with van der Waals surface area (Å²) < 4.78 is 10.2. The number of aliphatic hydroxyl groups excluding tert-OH is 1. The van der Waals surface area contributed by atoms with Crippen molar-refractivity contribution >= 4 is 39.4 Å². The molecule has 10 heteroatoms. The predicted octanol–water partition coefficient (Wildman–Crippen LogP) is 5.31. The molecule has 5 aromatic rings. The van der Waals surface area contributed by atoms with Crippen LogP contribution in [0.4, 0.5) is 5.69 Å². The highest BCUT2D eigenvalue weighted by Gasteiger charge is 2.34. The van der Waals surface area contributed by atoms with Crippen molar-refractivity contribution in [2.45, 2.75) is 12.8 Å². The minimum atomic E-state index is -0.764. The van der Waals surface area contributed by atoms with Crippen LogP contribution in [0.1, 0.15) is 50.5 Å². The zero-order chi connectivity index (χ0) is 28.1. The van der Waals surface area contributed by atoms with Crippen molar-refractivity contribution in [1.82, 2.24) is 9.97 Å². The number of methoxy groups -OCH3 is 2. The Morgan fingerprint density at radius 1 is 0.846 bits per heavy atom. The third-order valence-corrected chi connectivity index (χ3v) is 6.26. The van der Waals surface area contributed by atoms with Crippen LogP contribution in [0.2, 0.25) is 0 Å². The summed E-state index contributed by atoms with van der Waals surface area (Å²) in [5.74, 6) is -1.97. The van der Waals surface area contributed by atoms with Crippen LogP contribution in [0.15, 0.2) is 72.8 Å². The molecule has 0 bridgehead atoms. The lowest BCUT2D eigenvalue weighted by molar-refractivity contribution is -0.384. The molecule has 3 aromatic carbocycles. The van der Waals surface area contributed by atoms with Crippen molar-refractivity contribution in [3.05, 3.63) is 111 Å². The van der Waals surface area contributed by atoms with E-state index in [4.69, 9.17) is 14.6 Å². The minimum Gasteiger partial charge on any atom is -0.464 e. The Kier molecular flexibility index (Phi) is 8.07. The summed E-state index contributed by atoms with van der Waals surface area (Å²) in [4.78, 5) is 43.4. The summed E-state index contributed by atoms with van der Waals surface area (Å²) in [6.45, 7) is 1.93. The molecule has 0 atom stereocenters. The van der Waals surface area contributed by atoms with Crippen molar-refractivity contribution in [1.29, 1.82) is 0 Å². The monoisotopic (exact) mass is 529 g/mol. The van der Waals surface area contributed by atoms with Crippen LogP contribution in [0, 0.1) is 10.1 Å². The summed E-state index contributed by atoms with van der Waals surface area (Å²) in [5, 5.41) is 20.7. The quantitative estimate of drug-likeness (QED) is 0.153. The summed E-state index contributed by atoms with van der Waals surface area (Å²) >= 11 is 0. The van der Waals surface area contributed by atoms with Crippen molar-refractivity contribution in [2.75, 3.05) is 20.8 Å². The second-order valence-electron chi connectivity index (χ2n) is 8.50. The van der Waals surface area contributed by atoms with Gasteiger partial charge in [-0.1, -0.05) is 48.5 Å². The van der Waals surface area contributed by atoms with E-state index in [0.717, 1.165) is 10.8 Å². The number of nitro benzene ring substituents is 1. The van der Waals surface area contributed by atoms with Crippen molar-refractivity contribution in [3.63, 3.8) is 0 Å². The number of non-ortho nitro benzene ring substituents is 1. The second-order valence-corrected chi connectivity index (χ2v) is 8.50. The number of esters is 2. The molecule has 5 rings (SSSR count). The lowest BCUT2D eigenvalue weighted by Crippen LogP contribution is -2.14. The SMILES string of the molecule is CCO.COC(=O)c1[nH]c2ccccc2c1C(c1cccc([N+](=O)[O-])c1)c1c(C(=O)OC)[nH]c2ccccc12. The Morgan fingerprint density at radius 2 is 1.31 bits per heavy atom. The van der Waals surface area contributed by atoms with Gasteiger partial charge in [0.05, 0.1) is 19.1 Å². The summed E-state index contributed by atoms with van der Waals surface area (Å²) in [7, 11) is 2.57. The summed E-state index contributed by atoms with van der Waals surface area (Å²) in [6, 6.07) is 20.9. The van der Waals surface area contributed by atoms with Gasteiger partial charge in [-0.15, -0.1) is 0 Å². The third kappa shape index (κ3) is 5.10. The molecule has 2 heterocycles. The molecule has 0 saturated heterocycles. The number of fused-ring (bicyclic) bond motifs is 2. The van der Waals surface area contributed by atoms with E-state index in [2.05, 4.69) is 9.97 Å². The van der Waals surface area contributed by atoms with Crippen LogP contribution < -0.4 is 0 Å². The summed E-state index contributed by atoms with van der Waals surface area (Å²) in [5.41, 5.74) is 3.23. The first-order valence-electron chi connectivity index (χ1n) is 12.1. The van der Waals surface area contributed by atoms with Crippen LogP contribution in [-0.2, 0) is 9.47 Å². The van der Waals surface area contributed by atoms with Crippen LogP contribution in [0.3, 0.4) is 0 Å². The first kappa shape index (κ1) is 27.1. The van der Waals surface area contributed by atoms with Gasteiger partial charge in [-0.25, -0.2) is 9.59 Å². The number of hydrogen-bond acceptors (Lipinski definition) is 7. The average Bonchev–Trinajstić information content (AvgIpc) is 3.53. The van der Waals surface area contributed by atoms with Crippen LogP contribution >= 0.6 is 0 Å². The maximum atomic E-state index is 13.0. The molecule has 0 aliphatic rings. The number of nitrogens with zero attached hydrogens (tertiary/aromatic N) is 1. The van der Waals surface area contributed by atoms with Gasteiger partial charge in [0.15, 0.2) is 0 Å². The molecule has 0 amide bonds. The highest BCUT2D eigenvalue weighted by Crippen LogP contribution is 2.44. The number of para-hydroxylation sites is 2. The van der Waals surface area contributed by atoms with E-state index in [0.29, 0.717) is 27.7 Å². The molecule has 0 aliphatic carbocycles. The van der Waals surface area contributed by atoms with Crippen molar-refractivity contribution in [3.8, 4) is 0 Å². The molecule has 39 heavy (non-hydrogen) atoms. The first-order chi connectivity index (χ1) is 18.9. The van der Waals surface area contributed by atoms with Gasteiger partial charge in [0.1, 0.15) is 11.4 Å². The van der Waals surface area contributed by atoms with Gasteiger partial charge in [0.25, 0.3) is 5.69 Å². The second kappa shape index (κ2) is 11.6. The van der Waals surface area contributed by atoms with Crippen LogP contribution in [-0.4, -0.2) is 52.8 Å². The molecule has 10 nitrogen and oxygen atoms in total. The molecule has 0 fully saturated rings. The highest BCUT2D eigenvalue weighted by atomic mass is 16.6. The number of aromatic nitrogens is 2. The molecule has 0 saturated carbocycles. The number of aromatic amines is 2. The van der Waals surface area contributed by atoms with Gasteiger partial charge in [0, 0.05) is 57.6 Å². The minimum absolute atomic E-state index is 0.114. The zero-order valence-corrected chi connectivity index (χ0v) is 21.6. The van der Waals surface area contributed by atoms with Crippen molar-refractivity contribution in [2.24, 2.45) is 0 Å². The average molecular weight is 530 g/mol. The molecule has 0 unspecified atom stereocenters. The van der Waals surface area contributed by atoms with Gasteiger partial charge in [0.2, 0.25) is 0 Å². The van der Waals surface area contributed by atoms with E-state index in [1.807, 2.05) is 48.5 Å². The maximum absolute atomic E-state index is 13.0. The fraction of sp³-hybridized carbons (Fsp3) is 0.172. The van der Waals surface area contributed by atoms with Gasteiger partial charge in [-0.05, 0) is 24.6 Å². The Hall–Kier alpha value is -4.96. The Bertz CT molecular complexity index is 1570. The van der Waals surface area contributed by atoms with E-state index in [1.165, 1.54) is 26.4 Å². The van der Waals surface area contributed by atoms with E-state index in [-0.39, 0.29) is 23.7 Å². The number of rotatable bonds is 6. The lowest BCUT2D eigenvalue weighted by atomic mass is 9.81. The predicted molar refractivity (Wildman–Crippen MR) is 146 cm³/mol. The molecule has 0 aliphatic heterocycles. The number of ether oxygens (including phenoxy) is 2. The number of H-pyrrole nitrogens is 2. The number of benzene rings is 3. The van der Waals surface area contributed by atoms with E-state index in [9.17, 15) is 19.7 Å². The van der Waals surface area contributed by atoms with Gasteiger partial charge >= 0.3 is 11.9 Å². The number of carbonyl (C=O) groups is 2. The van der Waals surface area contributed by atoms with Gasteiger partial charge in [-0.3, -0.25) is 10.1 Å². The van der Waals surface area contributed by atoms with Gasteiger partial charge < -0.3 is 24.5 Å². The summed E-state index contributed by atoms with van der Waals surface area (Å²) in [6.07, 6.45) is 0. The standard InChI is InChI=1S/C27H21N3O6.C2H6O/c1-35-26(31)24-22(17-10-3-5-12-19(17)28-24)21(15-8-7-9-16(14-15)30(33)34)23-18-11-4-6-13-20(18)29-25(23)27(32)36-2;1-2-3/h3-14,21,28-29H,1-2H3;3H,2H2,1H3. The molecule has 2 aromatic heterocycles. The Morgan fingerprint density at radius 3 is 1.74 bits per heavy atom. The Labute approximate surface area is 223 Å². The van der Waals surface area contributed by atoms with Crippen LogP contribution in [0.5, 0.6) is 0 Å². The molecule has 0 radical (unpaired) electrons. The zero-order valence-electron chi connectivity index (χ0n) is 21.6. The highest BCUT2D eigenvalue weighted by molar-refractivity contribution is 6.03. The lowest BCUT2D eigenvalue weighted by Gasteiger charge is -2.20. The number of hydrogen-bond donors (Lipinski definition) is 3. The number of aliphatic hydroxyl groups is 1. The van der Waals surface area contributed by atoms with Crippen LogP contribution in [0.25, 0.3) is 21.8 Å². The molecule has 200 valence electrons.